The maximum Gasteiger partial charge on any atom is 0.251 e. The van der Waals surface area contributed by atoms with Crippen molar-refractivity contribution in [3.63, 3.8) is 0 Å². The van der Waals surface area contributed by atoms with E-state index in [0.717, 1.165) is 49.2 Å². The zero-order valence-corrected chi connectivity index (χ0v) is 16.9. The number of carbonyl (C=O) groups is 1. The van der Waals surface area contributed by atoms with E-state index in [2.05, 4.69) is 29.7 Å². The second kappa shape index (κ2) is 8.78. The van der Waals surface area contributed by atoms with Gasteiger partial charge in [0.05, 0.1) is 5.52 Å². The Morgan fingerprint density at radius 3 is 2.57 bits per heavy atom. The number of nitrogens with one attached hydrogen (secondary N) is 2. The van der Waals surface area contributed by atoms with Crippen molar-refractivity contribution in [1.29, 1.82) is 0 Å². The van der Waals surface area contributed by atoms with Crippen LogP contribution in [-0.4, -0.2) is 23.5 Å². The molecule has 1 aromatic heterocycles. The van der Waals surface area contributed by atoms with Crippen LogP contribution in [-0.2, 0) is 0 Å². The number of para-hydroxylation sites is 1. The van der Waals surface area contributed by atoms with Gasteiger partial charge in [-0.05, 0) is 74.4 Å². The third-order valence-electron chi connectivity index (χ3n) is 5.85. The van der Waals surface area contributed by atoms with E-state index in [9.17, 15) is 13.6 Å². The van der Waals surface area contributed by atoms with Crippen molar-refractivity contribution < 1.29 is 13.6 Å². The first-order valence-corrected chi connectivity index (χ1v) is 10.4. The average molecular weight is 409 g/mol. The fourth-order valence-electron chi connectivity index (χ4n) is 4.12. The summed E-state index contributed by atoms with van der Waals surface area (Å²) in [5.41, 5.74) is 2.34. The highest BCUT2D eigenvalue weighted by molar-refractivity contribution is 5.94. The quantitative estimate of drug-likeness (QED) is 0.607. The van der Waals surface area contributed by atoms with Crippen molar-refractivity contribution in [2.24, 2.45) is 5.92 Å². The number of amides is 1. The van der Waals surface area contributed by atoms with Crippen LogP contribution >= 0.6 is 0 Å². The minimum Gasteiger partial charge on any atom is -0.367 e. The number of fused-ring (bicyclic) bond motifs is 1. The summed E-state index contributed by atoms with van der Waals surface area (Å²) in [6, 6.07) is 13.8. The molecule has 0 spiro atoms. The third kappa shape index (κ3) is 4.58. The van der Waals surface area contributed by atoms with Crippen LogP contribution in [0.2, 0.25) is 0 Å². The molecular formula is C24H25F2N3O. The Labute approximate surface area is 174 Å². The van der Waals surface area contributed by atoms with E-state index in [1.165, 1.54) is 17.0 Å². The van der Waals surface area contributed by atoms with Crippen molar-refractivity contribution in [1.82, 2.24) is 10.3 Å². The highest BCUT2D eigenvalue weighted by Gasteiger charge is 2.22. The highest BCUT2D eigenvalue weighted by Crippen LogP contribution is 2.27. The van der Waals surface area contributed by atoms with Crippen molar-refractivity contribution in [3.05, 3.63) is 71.3 Å². The number of aryl methyl sites for hydroxylation is 1. The zero-order valence-electron chi connectivity index (χ0n) is 16.9. The maximum absolute atomic E-state index is 13.3. The number of pyridine rings is 1. The number of rotatable bonds is 5. The molecule has 1 aliphatic carbocycles. The van der Waals surface area contributed by atoms with Gasteiger partial charge < -0.3 is 10.6 Å². The van der Waals surface area contributed by atoms with Crippen molar-refractivity contribution >= 4 is 22.6 Å². The fourth-order valence-corrected chi connectivity index (χ4v) is 4.12. The normalized spacial score (nSPS) is 18.9. The van der Waals surface area contributed by atoms with E-state index in [4.69, 9.17) is 4.98 Å². The first-order valence-electron chi connectivity index (χ1n) is 10.4. The minimum absolute atomic E-state index is 0.141. The van der Waals surface area contributed by atoms with Gasteiger partial charge in [-0.3, -0.25) is 4.79 Å². The van der Waals surface area contributed by atoms with Crippen LogP contribution in [0.5, 0.6) is 0 Å². The van der Waals surface area contributed by atoms with Crippen LogP contribution in [0.4, 0.5) is 14.6 Å². The second-order valence-electron chi connectivity index (χ2n) is 8.04. The Bertz CT molecular complexity index is 1060. The number of carbonyl (C=O) groups excluding carboxylic acids is 1. The first-order chi connectivity index (χ1) is 14.5. The smallest absolute Gasteiger partial charge is 0.251 e. The molecule has 1 fully saturated rings. The van der Waals surface area contributed by atoms with Crippen LogP contribution in [0, 0.1) is 24.5 Å². The molecule has 0 radical (unpaired) electrons. The SMILES string of the molecule is Cc1cc(N[C@H]2CC[C@@H](CNC(=O)c3ccc(F)c(F)c3)CC2)nc2ccccc12. The number of hydrogen-bond donors (Lipinski definition) is 2. The third-order valence-corrected chi connectivity index (χ3v) is 5.85. The molecular weight excluding hydrogens is 384 g/mol. The summed E-state index contributed by atoms with van der Waals surface area (Å²) in [5.74, 6) is -1.05. The van der Waals surface area contributed by atoms with E-state index in [1.54, 1.807) is 0 Å². The van der Waals surface area contributed by atoms with Crippen LogP contribution in [0.25, 0.3) is 10.9 Å². The van der Waals surface area contributed by atoms with Gasteiger partial charge in [-0.15, -0.1) is 0 Å². The summed E-state index contributed by atoms with van der Waals surface area (Å²) in [5, 5.41) is 7.58. The number of benzene rings is 2. The lowest BCUT2D eigenvalue weighted by Gasteiger charge is -2.29. The van der Waals surface area contributed by atoms with E-state index in [-0.39, 0.29) is 11.5 Å². The molecule has 156 valence electrons. The molecule has 1 heterocycles. The fraction of sp³-hybridized carbons (Fsp3) is 0.333. The summed E-state index contributed by atoms with van der Waals surface area (Å²) < 4.78 is 26.3. The zero-order chi connectivity index (χ0) is 21.1. The number of aromatic nitrogens is 1. The van der Waals surface area contributed by atoms with Gasteiger partial charge in [0.1, 0.15) is 5.82 Å². The van der Waals surface area contributed by atoms with Crippen LogP contribution in [0.1, 0.15) is 41.6 Å². The average Bonchev–Trinajstić information content (AvgIpc) is 2.75. The topological polar surface area (TPSA) is 54.0 Å². The molecule has 1 amide bonds. The van der Waals surface area contributed by atoms with Crippen LogP contribution < -0.4 is 10.6 Å². The molecule has 0 saturated heterocycles. The maximum atomic E-state index is 13.3. The summed E-state index contributed by atoms with van der Waals surface area (Å²) in [4.78, 5) is 16.9. The van der Waals surface area contributed by atoms with Crippen molar-refractivity contribution in [2.45, 2.75) is 38.6 Å². The molecule has 3 aromatic rings. The molecule has 2 N–H and O–H groups in total. The Balaban J connectivity index is 1.28. The largest absolute Gasteiger partial charge is 0.367 e. The molecule has 0 bridgehead atoms. The van der Waals surface area contributed by atoms with Gasteiger partial charge in [0.25, 0.3) is 5.91 Å². The monoisotopic (exact) mass is 409 g/mol. The highest BCUT2D eigenvalue weighted by atomic mass is 19.2. The lowest BCUT2D eigenvalue weighted by atomic mass is 9.86. The van der Waals surface area contributed by atoms with Gasteiger partial charge in [-0.25, -0.2) is 13.8 Å². The standard InChI is InChI=1S/C24H25F2N3O/c1-15-12-23(29-22-5-3-2-4-19(15)22)28-18-9-6-16(7-10-18)14-27-24(30)17-8-11-20(25)21(26)13-17/h2-5,8,11-13,16,18H,6-7,9-10,14H2,1H3,(H,27,30)(H,28,29)/t16-,18+. The Morgan fingerprint density at radius 1 is 1.03 bits per heavy atom. The lowest BCUT2D eigenvalue weighted by molar-refractivity contribution is 0.0942. The predicted molar refractivity (Wildman–Crippen MR) is 115 cm³/mol. The molecule has 30 heavy (non-hydrogen) atoms. The Kier molecular flexibility index (Phi) is 5.93. The van der Waals surface area contributed by atoms with Crippen molar-refractivity contribution in [2.75, 3.05) is 11.9 Å². The van der Waals surface area contributed by atoms with E-state index in [0.29, 0.717) is 18.5 Å². The van der Waals surface area contributed by atoms with Crippen molar-refractivity contribution in [3.8, 4) is 0 Å². The summed E-state index contributed by atoms with van der Waals surface area (Å²) >= 11 is 0. The predicted octanol–water partition coefficient (Wildman–Crippen LogP) is 5.22. The number of nitrogens with zero attached hydrogens (tertiary/aromatic N) is 1. The minimum atomic E-state index is -1.01. The van der Waals surface area contributed by atoms with Gasteiger partial charge in [-0.2, -0.15) is 0 Å². The molecule has 6 heteroatoms. The van der Waals surface area contributed by atoms with E-state index in [1.807, 2.05) is 18.2 Å². The summed E-state index contributed by atoms with van der Waals surface area (Å²) in [6.45, 7) is 2.64. The number of anilines is 1. The number of halogens is 2. The lowest BCUT2D eigenvalue weighted by Crippen LogP contribution is -2.34. The van der Waals surface area contributed by atoms with E-state index >= 15 is 0 Å². The Hall–Kier alpha value is -3.02. The van der Waals surface area contributed by atoms with Gasteiger partial charge in [0.2, 0.25) is 0 Å². The molecule has 4 rings (SSSR count). The van der Waals surface area contributed by atoms with Gasteiger partial charge in [-0.1, -0.05) is 18.2 Å². The molecule has 4 nitrogen and oxygen atoms in total. The molecule has 0 atom stereocenters. The van der Waals surface area contributed by atoms with Gasteiger partial charge in [0.15, 0.2) is 11.6 Å². The Morgan fingerprint density at radius 2 is 1.80 bits per heavy atom. The first kappa shape index (κ1) is 20.3. The molecule has 0 aliphatic heterocycles. The molecule has 2 aromatic carbocycles. The molecule has 0 unspecified atom stereocenters. The molecule has 1 saturated carbocycles. The molecule has 1 aliphatic rings. The summed E-state index contributed by atoms with van der Waals surface area (Å²) in [7, 11) is 0. The summed E-state index contributed by atoms with van der Waals surface area (Å²) in [6.07, 6.45) is 3.98. The number of hydrogen-bond acceptors (Lipinski definition) is 3. The van der Waals surface area contributed by atoms with Crippen LogP contribution in [0.3, 0.4) is 0 Å². The van der Waals surface area contributed by atoms with Gasteiger partial charge >= 0.3 is 0 Å². The van der Waals surface area contributed by atoms with E-state index < -0.39 is 11.6 Å². The van der Waals surface area contributed by atoms with Gasteiger partial charge in [0, 0.05) is 23.5 Å². The second-order valence-corrected chi connectivity index (χ2v) is 8.04. The van der Waals surface area contributed by atoms with Crippen LogP contribution in [0.15, 0.2) is 48.5 Å².